The van der Waals surface area contributed by atoms with Gasteiger partial charge in [-0.25, -0.2) is 0 Å². The average Bonchev–Trinajstić information content (AvgIpc) is 2.98. The predicted molar refractivity (Wildman–Crippen MR) is 99.6 cm³/mol. The number of nitrogens with zero attached hydrogens (tertiary/aromatic N) is 1. The molecule has 0 radical (unpaired) electrons. The number of aliphatic hydroxyl groups is 1. The molecule has 1 aliphatic heterocycles. The molecule has 0 bridgehead atoms. The van der Waals surface area contributed by atoms with E-state index in [0.29, 0.717) is 30.6 Å². The molecule has 140 valence electrons. The van der Waals surface area contributed by atoms with Crippen LogP contribution in [0, 0.1) is 5.92 Å². The van der Waals surface area contributed by atoms with Crippen molar-refractivity contribution in [2.45, 2.75) is 44.2 Å². The summed E-state index contributed by atoms with van der Waals surface area (Å²) in [5, 5.41) is 15.6. The first-order valence-corrected chi connectivity index (χ1v) is 9.72. The van der Waals surface area contributed by atoms with Crippen LogP contribution in [0.1, 0.15) is 32.1 Å². The van der Waals surface area contributed by atoms with Gasteiger partial charge in [0.2, 0.25) is 11.8 Å². The minimum absolute atomic E-state index is 0. The molecule has 6 nitrogen and oxygen atoms in total. The zero-order chi connectivity index (χ0) is 16.7. The maximum atomic E-state index is 12.2. The molecule has 1 saturated heterocycles. The van der Waals surface area contributed by atoms with E-state index >= 15 is 0 Å². The van der Waals surface area contributed by atoms with Crippen LogP contribution in [0.4, 0.5) is 0 Å². The lowest BCUT2D eigenvalue weighted by Crippen LogP contribution is -2.39. The van der Waals surface area contributed by atoms with E-state index in [1.165, 1.54) is 31.0 Å². The zero-order valence-corrected chi connectivity index (χ0v) is 16.0. The summed E-state index contributed by atoms with van der Waals surface area (Å²) in [4.78, 5) is 25.8. The van der Waals surface area contributed by atoms with Gasteiger partial charge in [0.25, 0.3) is 0 Å². The summed E-state index contributed by atoms with van der Waals surface area (Å²) < 4.78 is 0. The van der Waals surface area contributed by atoms with Gasteiger partial charge in [-0.15, -0.1) is 24.2 Å². The summed E-state index contributed by atoms with van der Waals surface area (Å²) >= 11 is 1.36. The Bertz CT molecular complexity index is 408. The van der Waals surface area contributed by atoms with E-state index in [9.17, 15) is 14.7 Å². The van der Waals surface area contributed by atoms with E-state index in [0.717, 1.165) is 19.4 Å². The fraction of sp³-hybridized carbons (Fsp3) is 0.875. The van der Waals surface area contributed by atoms with E-state index in [1.807, 2.05) is 11.9 Å². The number of carbonyl (C=O) groups excluding carboxylic acids is 2. The maximum Gasteiger partial charge on any atom is 0.232 e. The second-order valence-electron chi connectivity index (χ2n) is 6.58. The Morgan fingerprint density at radius 1 is 1.21 bits per heavy atom. The van der Waals surface area contributed by atoms with Crippen LogP contribution in [0.25, 0.3) is 0 Å². The Kier molecular flexibility index (Phi) is 10.0. The summed E-state index contributed by atoms with van der Waals surface area (Å²) in [6.45, 7) is 1.82. The minimum atomic E-state index is -0.381. The van der Waals surface area contributed by atoms with Gasteiger partial charge in [-0.3, -0.25) is 9.59 Å². The molecule has 2 atom stereocenters. The van der Waals surface area contributed by atoms with Crippen molar-refractivity contribution in [3.05, 3.63) is 0 Å². The van der Waals surface area contributed by atoms with Gasteiger partial charge in [-0.1, -0.05) is 19.3 Å². The molecule has 0 aromatic carbocycles. The number of β-amino-alcohol motifs (C(OH)–C–C–N with tert-alkyl or cyclic N) is 1. The molecule has 2 amide bonds. The number of rotatable bonds is 7. The molecule has 1 saturated carbocycles. The molecule has 2 fully saturated rings. The Morgan fingerprint density at radius 3 is 2.54 bits per heavy atom. The SMILES string of the molecule is CN(C(=O)CSCC(=O)NCC1CNCC1O)C1CCCCC1.Cl. The minimum Gasteiger partial charge on any atom is -0.391 e. The van der Waals surface area contributed by atoms with Crippen molar-refractivity contribution in [2.75, 3.05) is 38.2 Å². The van der Waals surface area contributed by atoms with Crippen molar-refractivity contribution >= 4 is 36.0 Å². The molecule has 2 rings (SSSR count). The van der Waals surface area contributed by atoms with Crippen LogP contribution in [-0.2, 0) is 9.59 Å². The van der Waals surface area contributed by atoms with Crippen LogP contribution in [0.5, 0.6) is 0 Å². The smallest absolute Gasteiger partial charge is 0.232 e. The lowest BCUT2D eigenvalue weighted by atomic mass is 9.94. The highest BCUT2D eigenvalue weighted by molar-refractivity contribution is 8.00. The van der Waals surface area contributed by atoms with E-state index in [-0.39, 0.29) is 36.2 Å². The fourth-order valence-corrected chi connectivity index (χ4v) is 4.00. The van der Waals surface area contributed by atoms with Crippen LogP contribution >= 0.6 is 24.2 Å². The molecule has 1 aliphatic carbocycles. The predicted octanol–water partition coefficient (Wildman–Crippen LogP) is 0.629. The summed E-state index contributed by atoms with van der Waals surface area (Å²) in [6.07, 6.45) is 5.52. The Labute approximate surface area is 154 Å². The van der Waals surface area contributed by atoms with Crippen molar-refractivity contribution in [2.24, 2.45) is 5.92 Å². The topological polar surface area (TPSA) is 81.7 Å². The molecular weight excluding hydrogens is 350 g/mol. The highest BCUT2D eigenvalue weighted by Crippen LogP contribution is 2.22. The third-order valence-corrected chi connectivity index (χ3v) is 5.76. The molecule has 0 aromatic rings. The van der Waals surface area contributed by atoms with Crippen molar-refractivity contribution < 1.29 is 14.7 Å². The van der Waals surface area contributed by atoms with Crippen LogP contribution < -0.4 is 10.6 Å². The van der Waals surface area contributed by atoms with Crippen molar-refractivity contribution in [3.8, 4) is 0 Å². The fourth-order valence-electron chi connectivity index (χ4n) is 3.23. The third kappa shape index (κ3) is 6.78. The number of halogens is 1. The van der Waals surface area contributed by atoms with Gasteiger partial charge in [-0.05, 0) is 12.8 Å². The first-order chi connectivity index (χ1) is 11.1. The van der Waals surface area contributed by atoms with Crippen molar-refractivity contribution in [1.82, 2.24) is 15.5 Å². The highest BCUT2D eigenvalue weighted by Gasteiger charge is 2.25. The standard InChI is InChI=1S/C16H29N3O3S.ClH/c1-19(13-5-3-2-4-6-13)16(22)11-23-10-15(21)18-8-12-7-17-9-14(12)20;/h12-14,17,20H,2-11H2,1H3,(H,18,21);1H. The summed E-state index contributed by atoms with van der Waals surface area (Å²) in [6, 6.07) is 0.377. The van der Waals surface area contributed by atoms with Gasteiger partial charge >= 0.3 is 0 Å². The third-order valence-electron chi connectivity index (χ3n) is 4.84. The lowest BCUT2D eigenvalue weighted by Gasteiger charge is -2.31. The van der Waals surface area contributed by atoms with Crippen molar-refractivity contribution in [3.63, 3.8) is 0 Å². The molecule has 8 heteroatoms. The van der Waals surface area contributed by atoms with Crippen LogP contribution in [0.15, 0.2) is 0 Å². The van der Waals surface area contributed by atoms with E-state index in [1.54, 1.807) is 0 Å². The Balaban J connectivity index is 0.00000288. The number of thioether (sulfide) groups is 1. The van der Waals surface area contributed by atoms with Gasteiger partial charge in [-0.2, -0.15) is 0 Å². The molecule has 3 N–H and O–H groups in total. The lowest BCUT2D eigenvalue weighted by molar-refractivity contribution is -0.129. The maximum absolute atomic E-state index is 12.2. The van der Waals surface area contributed by atoms with Gasteiger partial charge in [0.05, 0.1) is 17.6 Å². The second-order valence-corrected chi connectivity index (χ2v) is 7.56. The van der Waals surface area contributed by atoms with E-state index in [4.69, 9.17) is 0 Å². The number of nitrogens with one attached hydrogen (secondary N) is 2. The second kappa shape index (κ2) is 11.2. The molecular formula is C16H30ClN3O3S. The monoisotopic (exact) mass is 379 g/mol. The van der Waals surface area contributed by atoms with Gasteiger partial charge in [0, 0.05) is 38.6 Å². The van der Waals surface area contributed by atoms with E-state index < -0.39 is 0 Å². The van der Waals surface area contributed by atoms with Gasteiger partial charge in [0.1, 0.15) is 0 Å². The zero-order valence-electron chi connectivity index (χ0n) is 14.3. The molecule has 2 unspecified atom stereocenters. The number of amides is 2. The van der Waals surface area contributed by atoms with Gasteiger partial charge in [0.15, 0.2) is 0 Å². The molecule has 24 heavy (non-hydrogen) atoms. The number of hydrogen-bond acceptors (Lipinski definition) is 5. The van der Waals surface area contributed by atoms with E-state index in [2.05, 4.69) is 10.6 Å². The first-order valence-electron chi connectivity index (χ1n) is 8.57. The summed E-state index contributed by atoms with van der Waals surface area (Å²) in [5.41, 5.74) is 0. The number of hydrogen-bond donors (Lipinski definition) is 3. The number of carbonyl (C=O) groups is 2. The molecule has 1 heterocycles. The Hall–Kier alpha value is -0.500. The normalized spacial score (nSPS) is 24.2. The quantitative estimate of drug-likeness (QED) is 0.604. The molecule has 0 spiro atoms. The van der Waals surface area contributed by atoms with Crippen molar-refractivity contribution in [1.29, 1.82) is 0 Å². The first kappa shape index (κ1) is 21.5. The van der Waals surface area contributed by atoms with Crippen LogP contribution in [-0.4, -0.2) is 72.2 Å². The molecule has 2 aliphatic rings. The Morgan fingerprint density at radius 2 is 1.92 bits per heavy atom. The highest BCUT2D eigenvalue weighted by atomic mass is 35.5. The molecule has 0 aromatic heterocycles. The van der Waals surface area contributed by atoms with Crippen LogP contribution in [0.3, 0.4) is 0 Å². The summed E-state index contributed by atoms with van der Waals surface area (Å²) in [7, 11) is 1.88. The average molecular weight is 380 g/mol. The summed E-state index contributed by atoms with van der Waals surface area (Å²) in [5.74, 6) is 0.782. The van der Waals surface area contributed by atoms with Gasteiger partial charge < -0.3 is 20.6 Å². The van der Waals surface area contributed by atoms with Crippen LogP contribution in [0.2, 0.25) is 0 Å². The number of aliphatic hydroxyl groups excluding tert-OH is 1. The largest absolute Gasteiger partial charge is 0.391 e.